The number of carbonyl (C=O) groups is 2. The van der Waals surface area contributed by atoms with Crippen LogP contribution in [0.5, 0.6) is 0 Å². The maximum absolute atomic E-state index is 12.4. The number of halogens is 2. The van der Waals surface area contributed by atoms with Gasteiger partial charge >= 0.3 is 0 Å². The van der Waals surface area contributed by atoms with Crippen molar-refractivity contribution in [2.45, 2.75) is 27.7 Å². The van der Waals surface area contributed by atoms with Gasteiger partial charge in [-0.1, -0.05) is 47.0 Å². The van der Waals surface area contributed by atoms with Gasteiger partial charge in [-0.05, 0) is 44.0 Å². The van der Waals surface area contributed by atoms with E-state index in [9.17, 15) is 9.59 Å². The number of anilines is 2. The van der Waals surface area contributed by atoms with Crippen LogP contribution in [0.3, 0.4) is 0 Å². The van der Waals surface area contributed by atoms with Crippen LogP contribution in [0.1, 0.15) is 23.6 Å². The fraction of sp³-hybridized carbons (Fsp3) is 0.263. The Hall–Kier alpha value is -2.04. The summed E-state index contributed by atoms with van der Waals surface area (Å²) in [6.45, 7) is 7.19. The molecule has 0 aromatic heterocycles. The lowest BCUT2D eigenvalue weighted by Crippen LogP contribution is -2.37. The normalized spacial score (nSPS) is 10.5. The van der Waals surface area contributed by atoms with E-state index in [0.29, 0.717) is 10.7 Å². The van der Waals surface area contributed by atoms with E-state index in [1.54, 1.807) is 18.2 Å². The van der Waals surface area contributed by atoms with Gasteiger partial charge in [0.25, 0.3) is 0 Å². The molecule has 132 valence electrons. The van der Waals surface area contributed by atoms with Gasteiger partial charge in [0.15, 0.2) is 0 Å². The van der Waals surface area contributed by atoms with Crippen LogP contribution in [-0.4, -0.2) is 18.4 Å². The van der Waals surface area contributed by atoms with Crippen molar-refractivity contribution in [3.63, 3.8) is 0 Å². The van der Waals surface area contributed by atoms with Crippen molar-refractivity contribution in [2.24, 2.45) is 0 Å². The number of carbonyl (C=O) groups excluding carboxylic acids is 2. The van der Waals surface area contributed by atoms with Crippen LogP contribution in [0.2, 0.25) is 10.0 Å². The molecule has 25 heavy (non-hydrogen) atoms. The lowest BCUT2D eigenvalue weighted by molar-refractivity contribution is -0.120. The van der Waals surface area contributed by atoms with Crippen LogP contribution < -0.4 is 10.2 Å². The van der Waals surface area contributed by atoms with E-state index in [4.69, 9.17) is 23.2 Å². The molecule has 0 saturated carbocycles. The van der Waals surface area contributed by atoms with Crippen LogP contribution in [0.4, 0.5) is 11.4 Å². The Morgan fingerprint density at radius 1 is 1.08 bits per heavy atom. The fourth-order valence-corrected chi connectivity index (χ4v) is 3.23. The molecule has 2 rings (SSSR count). The maximum atomic E-state index is 12.4. The van der Waals surface area contributed by atoms with Gasteiger partial charge in [0.2, 0.25) is 11.8 Å². The van der Waals surface area contributed by atoms with E-state index >= 15 is 0 Å². The first kappa shape index (κ1) is 19.3. The van der Waals surface area contributed by atoms with Crippen LogP contribution in [0, 0.1) is 20.8 Å². The molecule has 4 nitrogen and oxygen atoms in total. The summed E-state index contributed by atoms with van der Waals surface area (Å²) in [6, 6.07) is 8.97. The van der Waals surface area contributed by atoms with Crippen molar-refractivity contribution in [1.29, 1.82) is 0 Å². The second-order valence-electron chi connectivity index (χ2n) is 6.00. The molecule has 0 unspecified atom stereocenters. The molecule has 2 amide bonds. The number of aryl methyl sites for hydroxylation is 3. The fourth-order valence-electron chi connectivity index (χ4n) is 2.88. The summed E-state index contributed by atoms with van der Waals surface area (Å²) in [5.41, 5.74) is 4.17. The zero-order valence-corrected chi connectivity index (χ0v) is 16.1. The minimum atomic E-state index is -0.348. The Morgan fingerprint density at radius 3 is 2.24 bits per heavy atom. The number of nitrogens with one attached hydrogen (secondary N) is 1. The van der Waals surface area contributed by atoms with E-state index in [0.717, 1.165) is 22.4 Å². The molecule has 0 saturated heterocycles. The van der Waals surface area contributed by atoms with Gasteiger partial charge in [-0.25, -0.2) is 0 Å². The van der Waals surface area contributed by atoms with E-state index in [1.807, 2.05) is 32.9 Å². The minimum absolute atomic E-state index is 0.108. The first-order valence-electron chi connectivity index (χ1n) is 7.80. The molecule has 0 bridgehead atoms. The van der Waals surface area contributed by atoms with Crippen LogP contribution in [-0.2, 0) is 9.59 Å². The summed E-state index contributed by atoms with van der Waals surface area (Å²) in [5.74, 6) is -0.555. The van der Waals surface area contributed by atoms with E-state index in [-0.39, 0.29) is 23.4 Å². The zero-order chi connectivity index (χ0) is 18.7. The molecule has 0 atom stereocenters. The number of hydrogen-bond acceptors (Lipinski definition) is 2. The van der Waals surface area contributed by atoms with Crippen LogP contribution in [0.25, 0.3) is 0 Å². The summed E-state index contributed by atoms with van der Waals surface area (Å²) < 4.78 is 0. The molecule has 2 aromatic rings. The lowest BCUT2D eigenvalue weighted by atomic mass is 10.0. The largest absolute Gasteiger partial charge is 0.323 e. The lowest BCUT2D eigenvalue weighted by Gasteiger charge is -2.25. The van der Waals surface area contributed by atoms with Crippen LogP contribution in [0.15, 0.2) is 30.3 Å². The third-order valence-corrected chi connectivity index (χ3v) is 4.63. The smallest absolute Gasteiger partial charge is 0.244 e. The number of nitrogens with zero attached hydrogens (tertiary/aromatic N) is 1. The average Bonchev–Trinajstić information content (AvgIpc) is 2.49. The van der Waals surface area contributed by atoms with Crippen molar-refractivity contribution in [1.82, 2.24) is 0 Å². The van der Waals surface area contributed by atoms with E-state index < -0.39 is 0 Å². The third kappa shape index (κ3) is 4.53. The standard InChI is InChI=1S/C19H20Cl2N2O2/c1-11-8-12(2)19(13(3)9-11)23(14(4)24)10-17(25)22-16-7-5-6-15(20)18(16)21/h5-9H,10H2,1-4H3,(H,22,25). The first-order valence-corrected chi connectivity index (χ1v) is 8.56. The van der Waals surface area contributed by atoms with Gasteiger partial charge < -0.3 is 10.2 Å². The SMILES string of the molecule is CC(=O)N(CC(=O)Nc1cccc(Cl)c1Cl)c1c(C)cc(C)cc1C. The predicted molar refractivity (Wildman–Crippen MR) is 104 cm³/mol. The van der Waals surface area contributed by atoms with Crippen molar-refractivity contribution in [2.75, 3.05) is 16.8 Å². The number of rotatable bonds is 4. The summed E-state index contributed by atoms with van der Waals surface area (Å²) in [6.07, 6.45) is 0. The molecule has 0 aliphatic rings. The second kappa shape index (κ2) is 7.89. The highest BCUT2D eigenvalue weighted by molar-refractivity contribution is 6.44. The van der Waals surface area contributed by atoms with Gasteiger partial charge in [0, 0.05) is 6.92 Å². The third-order valence-electron chi connectivity index (χ3n) is 3.81. The van der Waals surface area contributed by atoms with Gasteiger partial charge in [-0.3, -0.25) is 9.59 Å². The van der Waals surface area contributed by atoms with Gasteiger partial charge in [-0.2, -0.15) is 0 Å². The predicted octanol–water partition coefficient (Wildman–Crippen LogP) is 4.91. The molecule has 0 heterocycles. The van der Waals surface area contributed by atoms with Gasteiger partial charge in [-0.15, -0.1) is 0 Å². The Balaban J connectivity index is 2.27. The molecule has 0 aliphatic heterocycles. The number of amides is 2. The van der Waals surface area contributed by atoms with E-state index in [2.05, 4.69) is 5.32 Å². The summed E-state index contributed by atoms with van der Waals surface area (Å²) in [7, 11) is 0. The van der Waals surface area contributed by atoms with E-state index in [1.165, 1.54) is 11.8 Å². The molecule has 0 spiro atoms. The van der Waals surface area contributed by atoms with Crippen molar-refractivity contribution < 1.29 is 9.59 Å². The van der Waals surface area contributed by atoms with Crippen LogP contribution >= 0.6 is 23.2 Å². The highest BCUT2D eigenvalue weighted by atomic mass is 35.5. The Kier molecular flexibility index (Phi) is 6.09. The minimum Gasteiger partial charge on any atom is -0.323 e. The van der Waals surface area contributed by atoms with Crippen molar-refractivity contribution in [3.8, 4) is 0 Å². The average molecular weight is 379 g/mol. The first-order chi connectivity index (χ1) is 11.7. The summed E-state index contributed by atoms with van der Waals surface area (Å²) in [4.78, 5) is 26.1. The topological polar surface area (TPSA) is 49.4 Å². The summed E-state index contributed by atoms with van der Waals surface area (Å²) >= 11 is 12.1. The molecule has 1 N–H and O–H groups in total. The molecular formula is C19H20Cl2N2O2. The highest BCUT2D eigenvalue weighted by Crippen LogP contribution is 2.30. The second-order valence-corrected chi connectivity index (χ2v) is 6.79. The molecular weight excluding hydrogens is 359 g/mol. The molecule has 6 heteroatoms. The molecule has 0 radical (unpaired) electrons. The molecule has 2 aromatic carbocycles. The summed E-state index contributed by atoms with van der Waals surface area (Å²) in [5, 5.41) is 3.33. The zero-order valence-electron chi connectivity index (χ0n) is 14.6. The Morgan fingerprint density at radius 2 is 1.68 bits per heavy atom. The quantitative estimate of drug-likeness (QED) is 0.821. The molecule has 0 fully saturated rings. The van der Waals surface area contributed by atoms with Crippen molar-refractivity contribution >= 4 is 46.4 Å². The molecule has 0 aliphatic carbocycles. The Labute approximate surface area is 157 Å². The van der Waals surface area contributed by atoms with Gasteiger partial charge in [0.1, 0.15) is 6.54 Å². The monoisotopic (exact) mass is 378 g/mol. The number of benzene rings is 2. The Bertz CT molecular complexity index is 811. The number of hydrogen-bond donors (Lipinski definition) is 1. The van der Waals surface area contributed by atoms with Gasteiger partial charge in [0.05, 0.1) is 21.4 Å². The van der Waals surface area contributed by atoms with Crippen molar-refractivity contribution in [3.05, 3.63) is 57.1 Å². The maximum Gasteiger partial charge on any atom is 0.244 e. The highest BCUT2D eigenvalue weighted by Gasteiger charge is 2.20.